The van der Waals surface area contributed by atoms with E-state index in [1.165, 1.54) is 18.2 Å². The van der Waals surface area contributed by atoms with Crippen LogP contribution < -0.4 is 14.4 Å². The van der Waals surface area contributed by atoms with E-state index < -0.39 is 16.0 Å². The highest BCUT2D eigenvalue weighted by Gasteiger charge is 2.29. The Hall–Kier alpha value is -3.00. The normalized spacial score (nSPS) is 20.1. The Kier molecular flexibility index (Phi) is 6.65. The number of ether oxygens (including phenoxy) is 2. The highest BCUT2D eigenvalue weighted by molar-refractivity contribution is 7.92. The molecule has 2 heterocycles. The number of carboxylic acid groups (broad SMARTS) is 1. The van der Waals surface area contributed by atoms with Gasteiger partial charge in [-0.15, -0.1) is 0 Å². The summed E-state index contributed by atoms with van der Waals surface area (Å²) in [4.78, 5) is 13.2. The van der Waals surface area contributed by atoms with Crippen LogP contribution in [-0.4, -0.2) is 51.9 Å². The third-order valence-electron chi connectivity index (χ3n) is 5.66. The van der Waals surface area contributed by atoms with E-state index >= 15 is 0 Å². The minimum atomic E-state index is -4.28. The average Bonchev–Trinajstić information content (AvgIpc) is 2.80. The number of nitrogens with one attached hydrogen (secondary N) is 1. The molecule has 1 fully saturated rings. The number of hydrogen-bond donors (Lipinski definition) is 2. The van der Waals surface area contributed by atoms with E-state index in [2.05, 4.69) is 4.72 Å². The maximum absolute atomic E-state index is 13.4. The molecule has 2 aliphatic rings. The van der Waals surface area contributed by atoms with Crippen molar-refractivity contribution in [1.29, 1.82) is 5.26 Å². The summed E-state index contributed by atoms with van der Waals surface area (Å²) in [7, 11) is -4.28. The van der Waals surface area contributed by atoms with Crippen LogP contribution in [0, 0.1) is 11.3 Å². The molecule has 0 saturated carbocycles. The van der Waals surface area contributed by atoms with Gasteiger partial charge < -0.3 is 19.5 Å². The van der Waals surface area contributed by atoms with Crippen LogP contribution >= 0.6 is 11.6 Å². The molecular weight excluding hydrogens is 470 g/mol. The smallest absolute Gasteiger partial charge is 0.335 e. The number of piperidine rings is 1. The van der Waals surface area contributed by atoms with Crippen LogP contribution in [-0.2, 0) is 14.8 Å². The largest absolute Gasteiger partial charge is 0.490 e. The molecule has 33 heavy (non-hydrogen) atoms. The number of hydrogen-bond acceptors (Lipinski definition) is 7. The summed E-state index contributed by atoms with van der Waals surface area (Å²) in [5.41, 5.74) is 0.622. The van der Waals surface area contributed by atoms with Crippen molar-refractivity contribution in [1.82, 2.24) is 0 Å². The molecule has 1 saturated heterocycles. The van der Waals surface area contributed by atoms with Crippen molar-refractivity contribution in [3.05, 3.63) is 46.5 Å². The first-order chi connectivity index (χ1) is 15.8. The van der Waals surface area contributed by atoms with Crippen LogP contribution in [0.3, 0.4) is 0 Å². The first-order valence-corrected chi connectivity index (χ1v) is 12.3. The van der Waals surface area contributed by atoms with E-state index in [4.69, 9.17) is 21.1 Å². The summed E-state index contributed by atoms with van der Waals surface area (Å²) in [6, 6.07) is 8.57. The SMILES string of the molecule is N#Cc1cc2c(cc1Cl)N1CCCC[C@@H]1COCCOc1ccc(C(=O)O)cc1S(=O)(=O)N2. The Morgan fingerprint density at radius 2 is 2.06 bits per heavy atom. The molecule has 4 rings (SSSR count). The van der Waals surface area contributed by atoms with Crippen molar-refractivity contribution in [2.75, 3.05) is 36.0 Å². The molecule has 1 atom stereocenters. The summed E-state index contributed by atoms with van der Waals surface area (Å²) in [5, 5.41) is 19.0. The Morgan fingerprint density at radius 3 is 2.82 bits per heavy atom. The maximum Gasteiger partial charge on any atom is 0.335 e. The monoisotopic (exact) mass is 491 g/mol. The van der Waals surface area contributed by atoms with Crippen molar-refractivity contribution in [2.45, 2.75) is 30.2 Å². The van der Waals surface area contributed by atoms with Gasteiger partial charge in [-0.05, 0) is 49.6 Å². The molecule has 174 valence electrons. The number of aromatic carboxylic acids is 1. The highest BCUT2D eigenvalue weighted by atomic mass is 35.5. The molecule has 11 heteroatoms. The lowest BCUT2D eigenvalue weighted by molar-refractivity contribution is 0.0696. The predicted molar refractivity (Wildman–Crippen MR) is 122 cm³/mol. The highest BCUT2D eigenvalue weighted by Crippen LogP contribution is 2.38. The molecule has 2 aliphatic heterocycles. The zero-order valence-electron chi connectivity index (χ0n) is 17.6. The fourth-order valence-electron chi connectivity index (χ4n) is 4.06. The fourth-order valence-corrected chi connectivity index (χ4v) is 5.50. The first-order valence-electron chi connectivity index (χ1n) is 10.4. The van der Waals surface area contributed by atoms with Gasteiger partial charge in [-0.2, -0.15) is 5.26 Å². The van der Waals surface area contributed by atoms with Crippen LogP contribution in [0.1, 0.15) is 35.2 Å². The van der Waals surface area contributed by atoms with Gasteiger partial charge in [0.25, 0.3) is 10.0 Å². The Bertz CT molecular complexity index is 1230. The van der Waals surface area contributed by atoms with E-state index in [9.17, 15) is 23.6 Å². The number of sulfonamides is 1. The third kappa shape index (κ3) is 4.85. The van der Waals surface area contributed by atoms with E-state index in [1.54, 1.807) is 6.07 Å². The summed E-state index contributed by atoms with van der Waals surface area (Å²) >= 11 is 6.31. The maximum atomic E-state index is 13.4. The molecule has 2 N–H and O–H groups in total. The molecule has 2 aromatic carbocycles. The number of carbonyl (C=O) groups is 1. The quantitative estimate of drug-likeness (QED) is 0.620. The Balaban J connectivity index is 1.88. The Morgan fingerprint density at radius 1 is 1.24 bits per heavy atom. The lowest BCUT2D eigenvalue weighted by atomic mass is 10.0. The molecule has 9 nitrogen and oxygen atoms in total. The molecule has 0 radical (unpaired) electrons. The first kappa shape index (κ1) is 23.2. The van der Waals surface area contributed by atoms with Crippen molar-refractivity contribution >= 4 is 39.0 Å². The summed E-state index contributed by atoms with van der Waals surface area (Å²) in [5.74, 6) is -1.27. The average molecular weight is 492 g/mol. The van der Waals surface area contributed by atoms with Crippen molar-refractivity contribution in [3.63, 3.8) is 0 Å². The van der Waals surface area contributed by atoms with Crippen molar-refractivity contribution < 1.29 is 27.8 Å². The molecular formula is C22H22ClN3O6S. The number of rotatable bonds is 1. The van der Waals surface area contributed by atoms with Crippen molar-refractivity contribution in [3.8, 4) is 11.8 Å². The number of anilines is 2. The van der Waals surface area contributed by atoms with Gasteiger partial charge >= 0.3 is 5.97 Å². The molecule has 0 amide bonds. The summed E-state index contributed by atoms with van der Waals surface area (Å²) in [6.45, 7) is 1.41. The number of nitrogens with zero attached hydrogens (tertiary/aromatic N) is 2. The molecule has 0 aliphatic carbocycles. The number of fused-ring (bicyclic) bond motifs is 4. The van der Waals surface area contributed by atoms with Gasteiger partial charge in [-0.25, -0.2) is 13.2 Å². The second-order valence-electron chi connectivity index (χ2n) is 7.80. The molecule has 2 aromatic rings. The van der Waals surface area contributed by atoms with Crippen LogP contribution in [0.15, 0.2) is 35.2 Å². The van der Waals surface area contributed by atoms with Crippen LogP contribution in [0.2, 0.25) is 5.02 Å². The third-order valence-corrected chi connectivity index (χ3v) is 7.36. The molecule has 0 unspecified atom stereocenters. The van der Waals surface area contributed by atoms with Gasteiger partial charge in [0.2, 0.25) is 0 Å². The van der Waals surface area contributed by atoms with Gasteiger partial charge in [0.15, 0.2) is 0 Å². The molecule has 0 bridgehead atoms. The van der Waals surface area contributed by atoms with E-state index in [0.717, 1.165) is 25.3 Å². The van der Waals surface area contributed by atoms with Gasteiger partial charge in [-0.3, -0.25) is 4.72 Å². The van der Waals surface area contributed by atoms with Gasteiger partial charge in [0.1, 0.15) is 23.3 Å². The lowest BCUT2D eigenvalue weighted by Gasteiger charge is -2.38. The summed E-state index contributed by atoms with van der Waals surface area (Å²) in [6.07, 6.45) is 2.77. The minimum Gasteiger partial charge on any atom is -0.490 e. The predicted octanol–water partition coefficient (Wildman–Crippen LogP) is 3.48. The van der Waals surface area contributed by atoms with Crippen molar-refractivity contribution in [2.24, 2.45) is 0 Å². The zero-order chi connectivity index (χ0) is 23.6. The lowest BCUT2D eigenvalue weighted by Crippen LogP contribution is -2.43. The number of nitriles is 1. The fraction of sp³-hybridized carbons (Fsp3) is 0.364. The minimum absolute atomic E-state index is 0.00379. The van der Waals surface area contributed by atoms with E-state index in [1.807, 2.05) is 11.0 Å². The standard InChI is InChI=1S/C22H22ClN3O6S/c23-17-11-19-18(9-15(17)12-24)25-33(29,30)21-10-14(22(27)28)4-5-20(21)32-8-7-31-13-16-3-1-2-6-26(16)19/h4-5,9-11,16,25H,1-3,6-8,13H2,(H,27,28)/t16-/m1/s1. The van der Waals surface area contributed by atoms with E-state index in [-0.39, 0.29) is 51.7 Å². The molecule has 0 spiro atoms. The number of carboxylic acids is 1. The number of halogens is 1. The molecule has 0 aromatic heterocycles. The van der Waals surface area contributed by atoms with Crippen LogP contribution in [0.25, 0.3) is 0 Å². The number of benzene rings is 2. The summed E-state index contributed by atoms with van der Waals surface area (Å²) < 4.78 is 40.8. The van der Waals surface area contributed by atoms with E-state index in [0.29, 0.717) is 18.8 Å². The van der Waals surface area contributed by atoms with Gasteiger partial charge in [0.05, 0.1) is 46.8 Å². The van der Waals surface area contributed by atoms with Crippen LogP contribution in [0.4, 0.5) is 11.4 Å². The second-order valence-corrected chi connectivity index (χ2v) is 9.86. The van der Waals surface area contributed by atoms with Gasteiger partial charge in [0, 0.05) is 6.54 Å². The second kappa shape index (κ2) is 9.47. The van der Waals surface area contributed by atoms with Crippen LogP contribution in [0.5, 0.6) is 5.75 Å². The zero-order valence-corrected chi connectivity index (χ0v) is 19.2. The van der Waals surface area contributed by atoms with Gasteiger partial charge in [-0.1, -0.05) is 11.6 Å². The Labute approximate surface area is 196 Å². The topological polar surface area (TPSA) is 129 Å².